The SMILES string of the molecule is CNC(C)c1cccc(S(=O)(=O)Nc2nc(C)c(C)s2)c1. The molecule has 2 aromatic rings. The molecular weight excluding hydrogens is 306 g/mol. The fraction of sp³-hybridized carbons (Fsp3) is 0.357. The van der Waals surface area contributed by atoms with E-state index < -0.39 is 10.0 Å². The molecule has 1 aromatic carbocycles. The predicted molar refractivity (Wildman–Crippen MR) is 86.3 cm³/mol. The molecule has 0 saturated heterocycles. The van der Waals surface area contributed by atoms with E-state index in [0.717, 1.165) is 16.1 Å². The van der Waals surface area contributed by atoms with Gasteiger partial charge >= 0.3 is 0 Å². The summed E-state index contributed by atoms with van der Waals surface area (Å²) in [6, 6.07) is 7.00. The molecule has 0 saturated carbocycles. The number of hydrogen-bond acceptors (Lipinski definition) is 5. The van der Waals surface area contributed by atoms with Gasteiger partial charge in [-0.3, -0.25) is 4.72 Å². The summed E-state index contributed by atoms with van der Waals surface area (Å²) in [4.78, 5) is 5.46. The topological polar surface area (TPSA) is 71.1 Å². The van der Waals surface area contributed by atoms with Gasteiger partial charge in [0.25, 0.3) is 10.0 Å². The van der Waals surface area contributed by atoms with E-state index in [2.05, 4.69) is 15.0 Å². The van der Waals surface area contributed by atoms with E-state index in [4.69, 9.17) is 0 Å². The van der Waals surface area contributed by atoms with Crippen molar-refractivity contribution in [2.75, 3.05) is 11.8 Å². The third-order valence-corrected chi connectivity index (χ3v) is 5.81. The zero-order valence-corrected chi connectivity index (χ0v) is 14.1. The Balaban J connectivity index is 2.31. The largest absolute Gasteiger partial charge is 0.313 e. The minimum absolute atomic E-state index is 0.0875. The van der Waals surface area contributed by atoms with Crippen LogP contribution >= 0.6 is 11.3 Å². The minimum atomic E-state index is -3.61. The molecule has 0 spiro atoms. The van der Waals surface area contributed by atoms with Crippen LogP contribution in [0.25, 0.3) is 0 Å². The average molecular weight is 325 g/mol. The number of aromatic nitrogens is 1. The van der Waals surface area contributed by atoms with E-state index >= 15 is 0 Å². The van der Waals surface area contributed by atoms with Gasteiger partial charge in [0.2, 0.25) is 0 Å². The van der Waals surface area contributed by atoms with Gasteiger partial charge in [0, 0.05) is 10.9 Å². The van der Waals surface area contributed by atoms with Gasteiger partial charge in [0.15, 0.2) is 5.13 Å². The highest BCUT2D eigenvalue weighted by molar-refractivity contribution is 7.93. The van der Waals surface area contributed by atoms with Crippen LogP contribution in [0.3, 0.4) is 0 Å². The number of aryl methyl sites for hydroxylation is 2. The van der Waals surface area contributed by atoms with E-state index in [1.54, 1.807) is 18.2 Å². The maximum absolute atomic E-state index is 12.4. The van der Waals surface area contributed by atoms with Crippen LogP contribution in [0.15, 0.2) is 29.2 Å². The first-order chi connectivity index (χ1) is 9.83. The smallest absolute Gasteiger partial charge is 0.263 e. The summed E-state index contributed by atoms with van der Waals surface area (Å²) in [5.41, 5.74) is 1.77. The molecule has 1 aromatic heterocycles. The molecule has 1 atom stereocenters. The molecule has 2 N–H and O–H groups in total. The summed E-state index contributed by atoms with van der Waals surface area (Å²) in [5, 5.41) is 3.49. The number of benzene rings is 1. The monoisotopic (exact) mass is 325 g/mol. The van der Waals surface area contributed by atoms with Crippen LogP contribution in [0.1, 0.15) is 29.1 Å². The van der Waals surface area contributed by atoms with Crippen LogP contribution in [-0.4, -0.2) is 20.4 Å². The van der Waals surface area contributed by atoms with E-state index in [1.165, 1.54) is 11.3 Å². The summed E-state index contributed by atoms with van der Waals surface area (Å²) >= 11 is 1.34. The molecule has 0 aliphatic heterocycles. The Kier molecular flexibility index (Phi) is 4.65. The zero-order valence-electron chi connectivity index (χ0n) is 12.5. The first kappa shape index (κ1) is 15.9. The number of anilines is 1. The zero-order chi connectivity index (χ0) is 15.6. The molecule has 21 heavy (non-hydrogen) atoms. The number of rotatable bonds is 5. The Bertz CT molecular complexity index is 719. The van der Waals surface area contributed by atoms with Gasteiger partial charge in [-0.25, -0.2) is 13.4 Å². The number of thiazole rings is 1. The Morgan fingerprint density at radius 3 is 2.57 bits per heavy atom. The first-order valence-corrected chi connectivity index (χ1v) is 8.87. The second-order valence-corrected chi connectivity index (χ2v) is 7.73. The fourth-order valence-corrected chi connectivity index (χ4v) is 3.91. The second kappa shape index (κ2) is 6.13. The maximum atomic E-state index is 12.4. The average Bonchev–Trinajstić information content (AvgIpc) is 2.75. The van der Waals surface area contributed by atoms with Crippen LogP contribution in [0.4, 0.5) is 5.13 Å². The van der Waals surface area contributed by atoms with Gasteiger partial charge in [-0.1, -0.05) is 12.1 Å². The Labute approximate surface area is 129 Å². The molecule has 0 amide bonds. The highest BCUT2D eigenvalue weighted by Crippen LogP contribution is 2.25. The van der Waals surface area contributed by atoms with Crippen molar-refractivity contribution in [1.82, 2.24) is 10.3 Å². The normalized spacial score (nSPS) is 13.1. The predicted octanol–water partition coefficient (Wildman–Crippen LogP) is 2.84. The molecule has 0 bridgehead atoms. The van der Waals surface area contributed by atoms with Gasteiger partial charge in [-0.15, -0.1) is 11.3 Å². The van der Waals surface area contributed by atoms with Crippen molar-refractivity contribution in [3.05, 3.63) is 40.4 Å². The maximum Gasteiger partial charge on any atom is 0.263 e. The van der Waals surface area contributed by atoms with Crippen molar-refractivity contribution in [2.45, 2.75) is 31.7 Å². The van der Waals surface area contributed by atoms with Crippen molar-refractivity contribution in [3.63, 3.8) is 0 Å². The molecule has 7 heteroatoms. The highest BCUT2D eigenvalue weighted by atomic mass is 32.2. The number of nitrogens with zero attached hydrogens (tertiary/aromatic N) is 1. The van der Waals surface area contributed by atoms with Crippen LogP contribution < -0.4 is 10.0 Å². The van der Waals surface area contributed by atoms with Crippen LogP contribution in [-0.2, 0) is 10.0 Å². The molecule has 0 aliphatic rings. The van der Waals surface area contributed by atoms with Crippen LogP contribution in [0.2, 0.25) is 0 Å². The van der Waals surface area contributed by atoms with Gasteiger partial charge in [0.05, 0.1) is 10.6 Å². The second-order valence-electron chi connectivity index (χ2n) is 4.85. The van der Waals surface area contributed by atoms with Crippen LogP contribution in [0.5, 0.6) is 0 Å². The Morgan fingerprint density at radius 2 is 2.00 bits per heavy atom. The lowest BCUT2D eigenvalue weighted by Crippen LogP contribution is -2.15. The summed E-state index contributed by atoms with van der Waals surface area (Å²) in [7, 11) is -1.77. The summed E-state index contributed by atoms with van der Waals surface area (Å²) in [5.74, 6) is 0. The van der Waals surface area contributed by atoms with E-state index in [-0.39, 0.29) is 10.9 Å². The molecule has 1 heterocycles. The molecule has 1 unspecified atom stereocenters. The molecule has 2 rings (SSSR count). The van der Waals surface area contributed by atoms with Gasteiger partial charge in [-0.05, 0) is 45.5 Å². The molecule has 0 radical (unpaired) electrons. The number of hydrogen-bond donors (Lipinski definition) is 2. The van der Waals surface area contributed by atoms with E-state index in [9.17, 15) is 8.42 Å². The van der Waals surface area contributed by atoms with Crippen LogP contribution in [0, 0.1) is 13.8 Å². The number of sulfonamides is 1. The first-order valence-electron chi connectivity index (χ1n) is 6.57. The quantitative estimate of drug-likeness (QED) is 0.887. The highest BCUT2D eigenvalue weighted by Gasteiger charge is 2.18. The molecule has 5 nitrogen and oxygen atoms in total. The third kappa shape index (κ3) is 3.61. The van der Waals surface area contributed by atoms with Crippen molar-refractivity contribution in [2.24, 2.45) is 0 Å². The Hall–Kier alpha value is -1.44. The lowest BCUT2D eigenvalue weighted by atomic mass is 10.1. The van der Waals surface area contributed by atoms with Gasteiger partial charge < -0.3 is 5.32 Å². The fourth-order valence-electron chi connectivity index (χ4n) is 1.81. The summed E-state index contributed by atoms with van der Waals surface area (Å²) in [6.07, 6.45) is 0. The summed E-state index contributed by atoms with van der Waals surface area (Å²) < 4.78 is 27.4. The van der Waals surface area contributed by atoms with Gasteiger partial charge in [0.1, 0.15) is 0 Å². The number of nitrogens with one attached hydrogen (secondary N) is 2. The molecule has 0 fully saturated rings. The van der Waals surface area contributed by atoms with Crippen molar-refractivity contribution in [3.8, 4) is 0 Å². The van der Waals surface area contributed by atoms with Crippen molar-refractivity contribution in [1.29, 1.82) is 0 Å². The molecule has 0 aliphatic carbocycles. The van der Waals surface area contributed by atoms with Crippen molar-refractivity contribution >= 4 is 26.5 Å². The minimum Gasteiger partial charge on any atom is -0.313 e. The molecule has 114 valence electrons. The standard InChI is InChI=1S/C14H19N3O2S2/c1-9-11(3)20-14(16-9)17-21(18,19)13-7-5-6-12(8-13)10(2)15-4/h5-8,10,15H,1-4H3,(H,16,17). The third-order valence-electron chi connectivity index (χ3n) is 3.35. The summed E-state index contributed by atoms with van der Waals surface area (Å²) in [6.45, 7) is 5.76. The van der Waals surface area contributed by atoms with E-state index in [1.807, 2.05) is 33.9 Å². The molecular formula is C14H19N3O2S2. The Morgan fingerprint density at radius 1 is 1.29 bits per heavy atom. The van der Waals surface area contributed by atoms with E-state index in [0.29, 0.717) is 5.13 Å². The lowest BCUT2D eigenvalue weighted by molar-refractivity contribution is 0.600. The van der Waals surface area contributed by atoms with Crippen molar-refractivity contribution < 1.29 is 8.42 Å². The van der Waals surface area contributed by atoms with Gasteiger partial charge in [-0.2, -0.15) is 0 Å². The lowest BCUT2D eigenvalue weighted by Gasteiger charge is -2.12.